The van der Waals surface area contributed by atoms with Gasteiger partial charge in [-0.2, -0.15) is 5.06 Å². The van der Waals surface area contributed by atoms with Gasteiger partial charge in [0.25, 0.3) is 0 Å². The number of para-hydroxylation sites is 1. The summed E-state index contributed by atoms with van der Waals surface area (Å²) in [5.74, 6) is 2.05. The van der Waals surface area contributed by atoms with Gasteiger partial charge in [-0.3, -0.25) is 9.63 Å². The number of benzene rings is 1. The molecule has 32 heavy (non-hydrogen) atoms. The Balaban J connectivity index is 1.86. The van der Waals surface area contributed by atoms with Crippen molar-refractivity contribution < 1.29 is 19.1 Å². The number of nitrogens with zero attached hydrogens (tertiary/aromatic N) is 2. The van der Waals surface area contributed by atoms with E-state index in [0.29, 0.717) is 24.3 Å². The molecule has 0 fully saturated rings. The number of rotatable bonds is 6. The van der Waals surface area contributed by atoms with Gasteiger partial charge in [0.05, 0.1) is 12.8 Å². The van der Waals surface area contributed by atoms with Crippen LogP contribution in [0.15, 0.2) is 65.2 Å². The van der Waals surface area contributed by atoms with Crippen LogP contribution in [0.4, 0.5) is 0 Å². The summed E-state index contributed by atoms with van der Waals surface area (Å²) in [6.07, 6.45) is 7.50. The number of hydroxylamine groups is 2. The molecule has 0 radical (unpaired) electrons. The number of carbonyl (C=O) groups is 1. The average molecular weight is 437 g/mol. The Bertz CT molecular complexity index is 1010. The molecule has 1 unspecified atom stereocenters. The Morgan fingerprint density at radius 1 is 1.00 bits per heavy atom. The number of ketones is 1. The molecule has 6 heteroatoms. The Morgan fingerprint density at radius 2 is 1.69 bits per heavy atom. The maximum Gasteiger partial charge on any atom is 0.236 e. The molecule has 1 aliphatic carbocycles. The quantitative estimate of drug-likeness (QED) is 0.627. The molecule has 0 saturated carbocycles. The lowest BCUT2D eigenvalue weighted by molar-refractivity contribution is -0.270. The highest BCUT2D eigenvalue weighted by atomic mass is 16.7. The summed E-state index contributed by atoms with van der Waals surface area (Å²) >= 11 is 0. The van der Waals surface area contributed by atoms with Crippen molar-refractivity contribution >= 4 is 5.78 Å². The smallest absolute Gasteiger partial charge is 0.236 e. The van der Waals surface area contributed by atoms with Crippen molar-refractivity contribution in [1.29, 1.82) is 0 Å². The highest BCUT2D eigenvalue weighted by Gasteiger charge is 2.39. The van der Waals surface area contributed by atoms with Crippen molar-refractivity contribution in [3.05, 3.63) is 76.4 Å². The molecule has 170 valence electrons. The maximum atomic E-state index is 11.9. The second kappa shape index (κ2) is 8.96. The van der Waals surface area contributed by atoms with Crippen LogP contribution in [0.2, 0.25) is 0 Å². The van der Waals surface area contributed by atoms with Crippen molar-refractivity contribution in [2.75, 3.05) is 20.8 Å². The lowest BCUT2D eigenvalue weighted by Gasteiger charge is -2.46. The molecule has 0 N–H and O–H groups in total. The molecule has 0 bridgehead atoms. The van der Waals surface area contributed by atoms with Gasteiger partial charge in [0, 0.05) is 25.3 Å². The minimum absolute atomic E-state index is 0.0308. The first kappa shape index (κ1) is 22.4. The lowest BCUT2D eigenvalue weighted by atomic mass is 9.90. The standard InChI is InChI=1S/C26H32N2O4/c1-16(2)20-8-7-9-21(17(3)4)25(20)32-24-15-23-22-11-10-19(29)14-18(22)12-13-27(23)26(30-5)28(24)31-6/h7-11,14-17,26H,12-13H2,1-6H3. The Labute approximate surface area is 190 Å². The third kappa shape index (κ3) is 3.89. The number of hydrogen-bond donors (Lipinski definition) is 0. The van der Waals surface area contributed by atoms with Crippen LogP contribution in [0.1, 0.15) is 57.1 Å². The van der Waals surface area contributed by atoms with Crippen LogP contribution in [0, 0.1) is 0 Å². The largest absolute Gasteiger partial charge is 0.438 e. The van der Waals surface area contributed by atoms with Gasteiger partial charge < -0.3 is 14.4 Å². The first-order valence-corrected chi connectivity index (χ1v) is 11.2. The molecule has 3 aliphatic rings. The molecular weight excluding hydrogens is 404 g/mol. The van der Waals surface area contributed by atoms with E-state index in [1.165, 1.54) is 0 Å². The van der Waals surface area contributed by atoms with E-state index in [1.54, 1.807) is 31.4 Å². The summed E-state index contributed by atoms with van der Waals surface area (Å²) in [5, 5.41) is 1.66. The van der Waals surface area contributed by atoms with Gasteiger partial charge in [-0.25, -0.2) is 0 Å². The van der Waals surface area contributed by atoms with Crippen molar-refractivity contribution in [1.82, 2.24) is 9.96 Å². The number of hydrogen-bond acceptors (Lipinski definition) is 6. The van der Waals surface area contributed by atoms with E-state index in [-0.39, 0.29) is 5.78 Å². The molecule has 4 rings (SSSR count). The highest BCUT2D eigenvalue weighted by Crippen LogP contribution is 2.40. The number of ether oxygens (including phenoxy) is 2. The average Bonchev–Trinajstić information content (AvgIpc) is 2.77. The van der Waals surface area contributed by atoms with Crippen molar-refractivity contribution in [2.45, 2.75) is 52.3 Å². The molecule has 2 aliphatic heterocycles. The Hall–Kier alpha value is -2.83. The first-order valence-electron chi connectivity index (χ1n) is 11.2. The predicted octanol–water partition coefficient (Wildman–Crippen LogP) is 4.99. The number of carbonyl (C=O) groups excluding carboxylic acids is 1. The van der Waals surface area contributed by atoms with E-state index in [2.05, 4.69) is 50.8 Å². The van der Waals surface area contributed by atoms with Crippen LogP contribution >= 0.6 is 0 Å². The van der Waals surface area contributed by atoms with Crippen LogP contribution in [-0.4, -0.2) is 42.9 Å². The van der Waals surface area contributed by atoms with E-state index in [0.717, 1.165) is 40.1 Å². The van der Waals surface area contributed by atoms with Crippen LogP contribution < -0.4 is 4.74 Å². The second-order valence-corrected chi connectivity index (χ2v) is 8.88. The molecular formula is C26H32N2O4. The van der Waals surface area contributed by atoms with E-state index in [4.69, 9.17) is 14.3 Å². The normalized spacial score (nSPS) is 20.5. The van der Waals surface area contributed by atoms with E-state index < -0.39 is 6.35 Å². The third-order valence-corrected chi connectivity index (χ3v) is 6.16. The topological polar surface area (TPSA) is 51.2 Å². The Morgan fingerprint density at radius 3 is 2.28 bits per heavy atom. The van der Waals surface area contributed by atoms with Crippen molar-refractivity contribution in [3.63, 3.8) is 0 Å². The summed E-state index contributed by atoms with van der Waals surface area (Å²) in [6.45, 7) is 9.39. The molecule has 2 heterocycles. The zero-order chi connectivity index (χ0) is 23.0. The van der Waals surface area contributed by atoms with E-state index in [1.807, 2.05) is 12.2 Å². The van der Waals surface area contributed by atoms with Crippen molar-refractivity contribution in [2.24, 2.45) is 0 Å². The Kier molecular flexibility index (Phi) is 6.26. The predicted molar refractivity (Wildman–Crippen MR) is 124 cm³/mol. The molecule has 1 atom stereocenters. The summed E-state index contributed by atoms with van der Waals surface area (Å²) in [4.78, 5) is 19.8. The highest BCUT2D eigenvalue weighted by molar-refractivity contribution is 6.02. The fourth-order valence-electron chi connectivity index (χ4n) is 4.53. The summed E-state index contributed by atoms with van der Waals surface area (Å²) in [5.41, 5.74) is 5.33. The van der Waals surface area contributed by atoms with Crippen LogP contribution in [0.5, 0.6) is 5.75 Å². The fourth-order valence-corrected chi connectivity index (χ4v) is 4.53. The molecule has 0 saturated heterocycles. The van der Waals surface area contributed by atoms with Gasteiger partial charge >= 0.3 is 0 Å². The third-order valence-electron chi connectivity index (χ3n) is 6.16. The minimum Gasteiger partial charge on any atom is -0.438 e. The maximum absolute atomic E-state index is 11.9. The summed E-state index contributed by atoms with van der Waals surface area (Å²) in [7, 11) is 3.28. The summed E-state index contributed by atoms with van der Waals surface area (Å²) < 4.78 is 12.5. The number of allylic oxidation sites excluding steroid dienone is 5. The minimum atomic E-state index is -0.483. The van der Waals surface area contributed by atoms with Gasteiger partial charge in [-0.15, -0.1) is 0 Å². The van der Waals surface area contributed by atoms with E-state index in [9.17, 15) is 4.79 Å². The second-order valence-electron chi connectivity index (χ2n) is 8.88. The fraction of sp³-hybridized carbons (Fsp3) is 0.423. The van der Waals surface area contributed by atoms with Gasteiger partial charge in [0.2, 0.25) is 12.2 Å². The van der Waals surface area contributed by atoms with E-state index >= 15 is 0 Å². The summed E-state index contributed by atoms with van der Waals surface area (Å²) in [6, 6.07) is 6.32. The molecule has 0 aromatic heterocycles. The first-order chi connectivity index (χ1) is 15.3. The zero-order valence-electron chi connectivity index (χ0n) is 19.7. The molecule has 1 aromatic rings. The van der Waals surface area contributed by atoms with Crippen LogP contribution in [0.25, 0.3) is 0 Å². The van der Waals surface area contributed by atoms with Crippen LogP contribution in [-0.2, 0) is 14.4 Å². The van der Waals surface area contributed by atoms with Crippen LogP contribution in [0.3, 0.4) is 0 Å². The molecule has 1 aromatic carbocycles. The number of methoxy groups -OCH3 is 1. The lowest BCUT2D eigenvalue weighted by Crippen LogP contribution is -2.53. The zero-order valence-corrected chi connectivity index (χ0v) is 19.7. The van der Waals surface area contributed by atoms with Gasteiger partial charge in [-0.1, -0.05) is 45.9 Å². The SMILES string of the molecule is COC1N2CCC3=CC(=O)C=CC3=C2C=C(Oc2c(C(C)C)cccc2C(C)C)N1OC. The molecule has 0 spiro atoms. The molecule has 0 amide bonds. The van der Waals surface area contributed by atoms with Crippen molar-refractivity contribution in [3.8, 4) is 5.75 Å². The monoisotopic (exact) mass is 436 g/mol. The van der Waals surface area contributed by atoms with Gasteiger partial charge in [-0.05, 0) is 53.2 Å². The number of fused-ring (bicyclic) bond motifs is 2. The van der Waals surface area contributed by atoms with Gasteiger partial charge in [0.1, 0.15) is 5.75 Å². The molecule has 6 nitrogen and oxygen atoms in total. The van der Waals surface area contributed by atoms with Gasteiger partial charge in [0.15, 0.2) is 5.78 Å².